The first-order chi connectivity index (χ1) is 12.5. The highest BCUT2D eigenvalue weighted by Crippen LogP contribution is 2.22. The van der Waals surface area contributed by atoms with Crippen LogP contribution in [-0.4, -0.2) is 24.4 Å². The average Bonchev–Trinajstić information content (AvgIpc) is 3.08. The lowest BCUT2D eigenvalue weighted by molar-refractivity contribution is -0.119. The van der Waals surface area contributed by atoms with Crippen LogP contribution in [0.3, 0.4) is 0 Å². The van der Waals surface area contributed by atoms with Gasteiger partial charge in [0.15, 0.2) is 12.0 Å². The van der Waals surface area contributed by atoms with Crippen LogP contribution in [0.2, 0.25) is 0 Å². The number of nitrogens with one attached hydrogen (secondary N) is 1. The zero-order valence-electron chi connectivity index (χ0n) is 13.2. The van der Waals surface area contributed by atoms with Crippen molar-refractivity contribution in [1.82, 2.24) is 0 Å². The van der Waals surface area contributed by atoms with Gasteiger partial charge in [-0.25, -0.2) is 4.79 Å². The minimum atomic E-state index is -0.954. The summed E-state index contributed by atoms with van der Waals surface area (Å²) in [5.41, 5.74) is 5.19. The predicted octanol–water partition coefficient (Wildman–Crippen LogP) is 1.75. The molecule has 0 saturated heterocycles. The molecule has 0 aliphatic carbocycles. The molecule has 132 valence electrons. The van der Waals surface area contributed by atoms with Gasteiger partial charge in [0.1, 0.15) is 10.6 Å². The van der Waals surface area contributed by atoms with Gasteiger partial charge in [0, 0.05) is 6.07 Å². The van der Waals surface area contributed by atoms with E-state index in [0.29, 0.717) is 5.39 Å². The van der Waals surface area contributed by atoms with Crippen molar-refractivity contribution in [2.75, 3.05) is 11.9 Å². The molecule has 0 unspecified atom stereocenters. The van der Waals surface area contributed by atoms with E-state index in [0.717, 1.165) is 17.4 Å². The van der Waals surface area contributed by atoms with Crippen LogP contribution in [0.25, 0.3) is 11.0 Å². The van der Waals surface area contributed by atoms with E-state index in [1.807, 2.05) is 0 Å². The second kappa shape index (κ2) is 7.19. The largest absolute Gasteiger partial charge is 0.450 e. The number of primary amides is 1. The molecule has 2 heterocycles. The number of hydrogen-bond donors (Lipinski definition) is 2. The fraction of sp³-hybridized carbons (Fsp3) is 0.0588. The highest BCUT2D eigenvalue weighted by atomic mass is 32.1. The first-order valence-electron chi connectivity index (χ1n) is 7.33. The highest BCUT2D eigenvalue weighted by molar-refractivity contribution is 7.14. The number of rotatable bonds is 5. The van der Waals surface area contributed by atoms with Gasteiger partial charge in [0.25, 0.3) is 11.8 Å². The molecule has 3 N–H and O–H groups in total. The van der Waals surface area contributed by atoms with Crippen LogP contribution in [0.5, 0.6) is 0 Å². The summed E-state index contributed by atoms with van der Waals surface area (Å²) in [6.45, 7) is -0.620. The molecule has 0 fully saturated rings. The first-order valence-corrected chi connectivity index (χ1v) is 8.21. The Morgan fingerprint density at radius 3 is 2.73 bits per heavy atom. The van der Waals surface area contributed by atoms with Crippen LogP contribution in [-0.2, 0) is 9.53 Å². The molecule has 8 nitrogen and oxygen atoms in total. The Hall–Kier alpha value is -3.46. The lowest BCUT2D eigenvalue weighted by Gasteiger charge is -2.06. The SMILES string of the molecule is NC(=O)c1ccsc1NC(=O)COC(=O)c1cc(=O)c2ccccc2o1. The molecule has 3 aromatic rings. The van der Waals surface area contributed by atoms with Gasteiger partial charge in [0.05, 0.1) is 10.9 Å². The smallest absolute Gasteiger partial charge is 0.374 e. The third-order valence-electron chi connectivity index (χ3n) is 3.35. The van der Waals surface area contributed by atoms with Crippen molar-refractivity contribution < 1.29 is 23.5 Å². The monoisotopic (exact) mass is 372 g/mol. The number of amides is 2. The lowest BCUT2D eigenvalue weighted by atomic mass is 10.2. The van der Waals surface area contributed by atoms with Gasteiger partial charge in [-0.15, -0.1) is 11.3 Å². The van der Waals surface area contributed by atoms with Crippen molar-refractivity contribution in [1.29, 1.82) is 0 Å². The number of ether oxygens (including phenoxy) is 1. The number of thiophene rings is 1. The summed E-state index contributed by atoms with van der Waals surface area (Å²) in [4.78, 5) is 47.1. The van der Waals surface area contributed by atoms with Crippen molar-refractivity contribution in [3.8, 4) is 0 Å². The normalized spacial score (nSPS) is 10.5. The van der Waals surface area contributed by atoms with Gasteiger partial charge in [-0.1, -0.05) is 12.1 Å². The molecule has 2 aromatic heterocycles. The van der Waals surface area contributed by atoms with Crippen LogP contribution in [0.15, 0.2) is 51.0 Å². The van der Waals surface area contributed by atoms with Crippen molar-refractivity contribution in [2.24, 2.45) is 5.73 Å². The molecule has 0 bridgehead atoms. The van der Waals surface area contributed by atoms with E-state index >= 15 is 0 Å². The second-order valence-corrected chi connectivity index (χ2v) is 6.04. The van der Waals surface area contributed by atoms with Crippen LogP contribution in [0.4, 0.5) is 5.00 Å². The van der Waals surface area contributed by atoms with E-state index in [2.05, 4.69) is 5.32 Å². The lowest BCUT2D eigenvalue weighted by Crippen LogP contribution is -2.22. The van der Waals surface area contributed by atoms with E-state index in [4.69, 9.17) is 14.9 Å². The fourth-order valence-electron chi connectivity index (χ4n) is 2.17. The van der Waals surface area contributed by atoms with E-state index < -0.39 is 29.8 Å². The molecular formula is C17H12N2O6S. The summed E-state index contributed by atoms with van der Waals surface area (Å²) >= 11 is 1.11. The Balaban J connectivity index is 1.67. The summed E-state index contributed by atoms with van der Waals surface area (Å²) in [5, 5.41) is 4.61. The van der Waals surface area contributed by atoms with Gasteiger partial charge in [0.2, 0.25) is 5.76 Å². The Morgan fingerprint density at radius 2 is 1.96 bits per heavy atom. The van der Waals surface area contributed by atoms with Crippen LogP contribution >= 0.6 is 11.3 Å². The minimum absolute atomic E-state index is 0.162. The molecule has 0 aliphatic heterocycles. The third-order valence-corrected chi connectivity index (χ3v) is 4.18. The predicted molar refractivity (Wildman–Crippen MR) is 94.2 cm³/mol. The third kappa shape index (κ3) is 3.62. The van der Waals surface area contributed by atoms with Gasteiger partial charge >= 0.3 is 5.97 Å². The summed E-state index contributed by atoms with van der Waals surface area (Å²) in [7, 11) is 0. The zero-order chi connectivity index (χ0) is 18.7. The molecular weight excluding hydrogens is 360 g/mol. The Labute approximate surface area is 150 Å². The quantitative estimate of drug-likeness (QED) is 0.657. The molecule has 0 radical (unpaired) electrons. The van der Waals surface area contributed by atoms with E-state index in [-0.39, 0.29) is 21.9 Å². The van der Waals surface area contributed by atoms with Crippen LogP contribution < -0.4 is 16.5 Å². The van der Waals surface area contributed by atoms with Crippen molar-refractivity contribution in [2.45, 2.75) is 0 Å². The van der Waals surface area contributed by atoms with E-state index in [9.17, 15) is 19.2 Å². The van der Waals surface area contributed by atoms with Crippen molar-refractivity contribution in [3.63, 3.8) is 0 Å². The van der Waals surface area contributed by atoms with Crippen molar-refractivity contribution in [3.05, 3.63) is 63.3 Å². The molecule has 0 atom stereocenters. The maximum absolute atomic E-state index is 12.0. The molecule has 26 heavy (non-hydrogen) atoms. The molecule has 1 aromatic carbocycles. The number of benzene rings is 1. The molecule has 3 rings (SSSR count). The minimum Gasteiger partial charge on any atom is -0.450 e. The maximum atomic E-state index is 12.0. The molecule has 0 aliphatic rings. The summed E-state index contributed by atoms with van der Waals surface area (Å²) in [6.07, 6.45) is 0. The fourth-order valence-corrected chi connectivity index (χ4v) is 2.98. The topological polar surface area (TPSA) is 129 Å². The van der Waals surface area contributed by atoms with Gasteiger partial charge in [-0.05, 0) is 23.6 Å². The summed E-state index contributed by atoms with van der Waals surface area (Å²) < 4.78 is 10.2. The average molecular weight is 372 g/mol. The highest BCUT2D eigenvalue weighted by Gasteiger charge is 2.17. The number of nitrogens with two attached hydrogens (primary N) is 1. The standard InChI is InChI=1S/C17H12N2O6S/c18-15(22)10-5-6-26-16(10)19-14(21)8-24-17(23)13-7-11(20)9-3-1-2-4-12(9)25-13/h1-7H,8H2,(H2,18,22)(H,19,21). The Kier molecular flexibility index (Phi) is 4.81. The van der Waals surface area contributed by atoms with Crippen LogP contribution in [0.1, 0.15) is 20.9 Å². The number of anilines is 1. The summed E-state index contributed by atoms with van der Waals surface area (Å²) in [6, 6.07) is 8.92. The van der Waals surface area contributed by atoms with E-state index in [1.165, 1.54) is 6.07 Å². The number of fused-ring (bicyclic) bond motifs is 1. The number of para-hydroxylation sites is 1. The van der Waals surface area contributed by atoms with Crippen LogP contribution in [0, 0.1) is 0 Å². The maximum Gasteiger partial charge on any atom is 0.374 e. The molecule has 0 spiro atoms. The van der Waals surface area contributed by atoms with Gasteiger partial charge in [-0.3, -0.25) is 14.4 Å². The number of carbonyl (C=O) groups is 3. The number of hydrogen-bond acceptors (Lipinski definition) is 7. The number of carbonyl (C=O) groups excluding carboxylic acids is 3. The van der Waals surface area contributed by atoms with Gasteiger partial charge in [-0.2, -0.15) is 0 Å². The second-order valence-electron chi connectivity index (χ2n) is 5.12. The molecule has 2 amide bonds. The molecule has 9 heteroatoms. The number of esters is 1. The van der Waals surface area contributed by atoms with E-state index in [1.54, 1.807) is 29.6 Å². The summed E-state index contributed by atoms with van der Waals surface area (Å²) in [5.74, 6) is -2.61. The van der Waals surface area contributed by atoms with Gasteiger partial charge < -0.3 is 20.2 Å². The Morgan fingerprint density at radius 1 is 1.19 bits per heavy atom. The first kappa shape index (κ1) is 17.4. The Bertz CT molecular complexity index is 1070. The van der Waals surface area contributed by atoms with Crippen molar-refractivity contribution >= 4 is 45.1 Å². The zero-order valence-corrected chi connectivity index (χ0v) is 14.0. The molecule has 0 saturated carbocycles.